The molecule has 28 heavy (non-hydrogen) atoms. The third kappa shape index (κ3) is 4.10. The van der Waals surface area contributed by atoms with Gasteiger partial charge in [0.25, 0.3) is 0 Å². The van der Waals surface area contributed by atoms with Crippen molar-refractivity contribution in [3.63, 3.8) is 0 Å². The highest BCUT2D eigenvalue weighted by Crippen LogP contribution is 2.27. The number of methoxy groups -OCH3 is 1. The van der Waals surface area contributed by atoms with E-state index in [9.17, 15) is 4.79 Å². The molecule has 2 aromatic rings. The molecule has 9 nitrogen and oxygen atoms in total. The number of ether oxygens (including phenoxy) is 1. The van der Waals surface area contributed by atoms with Gasteiger partial charge in [-0.2, -0.15) is 0 Å². The number of nitrogens with one attached hydrogen (secondary N) is 2. The second-order valence-electron chi connectivity index (χ2n) is 7.63. The van der Waals surface area contributed by atoms with Crippen LogP contribution >= 0.6 is 0 Å². The SMILES string of the molecule is COCCNC(=O)C1CCCN(C2CCN(c3ncnc4nc[nH]c34)CC2)C1. The normalized spacial score (nSPS) is 21.9. The minimum Gasteiger partial charge on any atom is -0.383 e. The van der Waals surface area contributed by atoms with Crippen LogP contribution in [0.2, 0.25) is 0 Å². The van der Waals surface area contributed by atoms with Gasteiger partial charge in [-0.1, -0.05) is 0 Å². The molecular weight excluding hydrogens is 358 g/mol. The molecule has 0 aliphatic carbocycles. The lowest BCUT2D eigenvalue weighted by molar-refractivity contribution is -0.127. The number of rotatable bonds is 6. The monoisotopic (exact) mass is 387 g/mol. The molecule has 4 rings (SSSR count). The van der Waals surface area contributed by atoms with E-state index < -0.39 is 0 Å². The molecule has 2 N–H and O–H groups in total. The molecule has 2 fully saturated rings. The van der Waals surface area contributed by atoms with Crippen molar-refractivity contribution in [1.82, 2.24) is 30.2 Å². The lowest BCUT2D eigenvalue weighted by Crippen LogP contribution is -2.51. The zero-order chi connectivity index (χ0) is 19.3. The number of hydrogen-bond acceptors (Lipinski definition) is 7. The summed E-state index contributed by atoms with van der Waals surface area (Å²) in [6, 6.07) is 0.532. The third-order valence-electron chi connectivity index (χ3n) is 5.91. The Morgan fingerprint density at radius 2 is 2.11 bits per heavy atom. The predicted octanol–water partition coefficient (Wildman–Crippen LogP) is 0.796. The quantitative estimate of drug-likeness (QED) is 0.707. The second-order valence-corrected chi connectivity index (χ2v) is 7.63. The Kier molecular flexibility index (Phi) is 6.01. The van der Waals surface area contributed by atoms with E-state index in [0.29, 0.717) is 24.8 Å². The molecular formula is C19H29N7O2. The van der Waals surface area contributed by atoms with Gasteiger partial charge in [0.15, 0.2) is 11.5 Å². The first kappa shape index (κ1) is 19.1. The molecule has 0 radical (unpaired) electrons. The highest BCUT2D eigenvalue weighted by atomic mass is 16.5. The number of imidazole rings is 1. The molecule has 0 saturated carbocycles. The number of hydrogen-bond donors (Lipinski definition) is 2. The highest BCUT2D eigenvalue weighted by Gasteiger charge is 2.32. The summed E-state index contributed by atoms with van der Waals surface area (Å²) in [4.78, 5) is 33.3. The van der Waals surface area contributed by atoms with Crippen molar-refractivity contribution in [1.29, 1.82) is 0 Å². The Labute approximate surface area is 164 Å². The highest BCUT2D eigenvalue weighted by molar-refractivity contribution is 5.82. The van der Waals surface area contributed by atoms with Gasteiger partial charge in [-0.3, -0.25) is 9.69 Å². The van der Waals surface area contributed by atoms with Crippen molar-refractivity contribution in [3.8, 4) is 0 Å². The van der Waals surface area contributed by atoms with Gasteiger partial charge in [-0.05, 0) is 32.2 Å². The third-order valence-corrected chi connectivity index (χ3v) is 5.91. The van der Waals surface area contributed by atoms with Crippen molar-refractivity contribution in [2.45, 2.75) is 31.7 Å². The number of carbonyl (C=O) groups is 1. The first-order valence-electron chi connectivity index (χ1n) is 10.2. The lowest BCUT2D eigenvalue weighted by Gasteiger charge is -2.42. The van der Waals surface area contributed by atoms with Crippen LogP contribution in [-0.4, -0.2) is 83.2 Å². The fourth-order valence-corrected chi connectivity index (χ4v) is 4.41. The molecule has 1 atom stereocenters. The van der Waals surface area contributed by atoms with Crippen LogP contribution in [0.4, 0.5) is 5.82 Å². The van der Waals surface area contributed by atoms with Crippen molar-refractivity contribution >= 4 is 22.9 Å². The molecule has 0 aromatic carbocycles. The van der Waals surface area contributed by atoms with Gasteiger partial charge in [0.05, 0.1) is 18.9 Å². The summed E-state index contributed by atoms with van der Waals surface area (Å²) < 4.78 is 5.02. The summed E-state index contributed by atoms with van der Waals surface area (Å²) in [7, 11) is 1.65. The number of anilines is 1. The van der Waals surface area contributed by atoms with Gasteiger partial charge in [0.2, 0.25) is 5.91 Å². The van der Waals surface area contributed by atoms with Crippen LogP contribution in [0.25, 0.3) is 11.2 Å². The number of piperidine rings is 2. The van der Waals surface area contributed by atoms with Gasteiger partial charge in [0.1, 0.15) is 11.8 Å². The van der Waals surface area contributed by atoms with Gasteiger partial charge in [-0.25, -0.2) is 15.0 Å². The number of fused-ring (bicyclic) bond motifs is 1. The maximum Gasteiger partial charge on any atom is 0.224 e. The number of likely N-dealkylation sites (tertiary alicyclic amines) is 1. The second kappa shape index (κ2) is 8.83. The zero-order valence-electron chi connectivity index (χ0n) is 16.4. The van der Waals surface area contributed by atoms with Crippen molar-refractivity contribution < 1.29 is 9.53 Å². The van der Waals surface area contributed by atoms with E-state index in [2.05, 4.69) is 35.1 Å². The van der Waals surface area contributed by atoms with E-state index in [1.165, 1.54) is 0 Å². The topological polar surface area (TPSA) is 99.3 Å². The van der Waals surface area contributed by atoms with Crippen molar-refractivity contribution in [2.75, 3.05) is 51.3 Å². The summed E-state index contributed by atoms with van der Waals surface area (Å²) in [6.07, 6.45) is 7.48. The van der Waals surface area contributed by atoms with Crippen LogP contribution in [-0.2, 0) is 9.53 Å². The molecule has 4 heterocycles. The molecule has 0 spiro atoms. The molecule has 2 aliphatic rings. The van der Waals surface area contributed by atoms with E-state index in [0.717, 1.165) is 63.2 Å². The minimum absolute atomic E-state index is 0.0927. The Hall–Kier alpha value is -2.26. The largest absolute Gasteiger partial charge is 0.383 e. The Balaban J connectivity index is 1.32. The number of nitrogens with zero attached hydrogens (tertiary/aromatic N) is 5. The minimum atomic E-state index is 0.0927. The smallest absolute Gasteiger partial charge is 0.224 e. The Morgan fingerprint density at radius 1 is 1.25 bits per heavy atom. The number of aromatic nitrogens is 4. The molecule has 2 aromatic heterocycles. The average molecular weight is 387 g/mol. The Morgan fingerprint density at radius 3 is 2.93 bits per heavy atom. The van der Waals surface area contributed by atoms with Crippen LogP contribution in [0.1, 0.15) is 25.7 Å². The molecule has 2 saturated heterocycles. The van der Waals surface area contributed by atoms with Crippen LogP contribution in [0.3, 0.4) is 0 Å². The zero-order valence-corrected chi connectivity index (χ0v) is 16.4. The van der Waals surface area contributed by atoms with Gasteiger partial charge >= 0.3 is 0 Å². The molecule has 2 aliphatic heterocycles. The van der Waals surface area contributed by atoms with Gasteiger partial charge < -0.3 is 19.9 Å². The average Bonchev–Trinajstić information content (AvgIpc) is 3.23. The maximum absolute atomic E-state index is 12.4. The molecule has 1 amide bonds. The predicted molar refractivity (Wildman–Crippen MR) is 106 cm³/mol. The van der Waals surface area contributed by atoms with Crippen LogP contribution < -0.4 is 10.2 Å². The van der Waals surface area contributed by atoms with Crippen LogP contribution in [0.15, 0.2) is 12.7 Å². The summed E-state index contributed by atoms with van der Waals surface area (Å²) >= 11 is 0. The maximum atomic E-state index is 12.4. The molecule has 0 bridgehead atoms. The summed E-state index contributed by atoms with van der Waals surface area (Å²) in [5.41, 5.74) is 1.62. The number of aromatic amines is 1. The number of carbonyl (C=O) groups excluding carboxylic acids is 1. The van der Waals surface area contributed by atoms with Crippen LogP contribution in [0.5, 0.6) is 0 Å². The van der Waals surface area contributed by atoms with Gasteiger partial charge in [-0.15, -0.1) is 0 Å². The molecule has 1 unspecified atom stereocenters. The lowest BCUT2D eigenvalue weighted by atomic mass is 9.93. The van der Waals surface area contributed by atoms with Crippen molar-refractivity contribution in [2.24, 2.45) is 5.92 Å². The summed E-state index contributed by atoms with van der Waals surface area (Å²) in [6.45, 7) is 5.01. The standard InChI is InChI=1S/C19H29N7O2/c1-28-10-6-20-19(27)14-3-2-7-26(11-14)15-4-8-25(9-5-15)18-16-17(22-12-21-16)23-13-24-18/h12-15H,2-11H2,1H3,(H,20,27)(H,21,22,23,24). The van der Waals surface area contributed by atoms with E-state index in [-0.39, 0.29) is 11.8 Å². The van der Waals surface area contributed by atoms with E-state index in [4.69, 9.17) is 4.74 Å². The number of amides is 1. The molecule has 152 valence electrons. The molecule has 9 heteroatoms. The van der Waals surface area contributed by atoms with Crippen LogP contribution in [0, 0.1) is 5.92 Å². The summed E-state index contributed by atoms with van der Waals surface area (Å²) in [5, 5.41) is 3.00. The summed E-state index contributed by atoms with van der Waals surface area (Å²) in [5.74, 6) is 1.20. The first-order chi connectivity index (χ1) is 13.8. The van der Waals surface area contributed by atoms with E-state index in [1.807, 2.05) is 0 Å². The van der Waals surface area contributed by atoms with E-state index in [1.54, 1.807) is 19.8 Å². The van der Waals surface area contributed by atoms with Crippen molar-refractivity contribution in [3.05, 3.63) is 12.7 Å². The fraction of sp³-hybridized carbons (Fsp3) is 0.684. The van der Waals surface area contributed by atoms with Gasteiger partial charge in [0, 0.05) is 39.3 Å². The first-order valence-corrected chi connectivity index (χ1v) is 10.2. The fourth-order valence-electron chi connectivity index (χ4n) is 4.41. The van der Waals surface area contributed by atoms with E-state index >= 15 is 0 Å². The Bertz CT molecular complexity index is 787. The number of H-pyrrole nitrogens is 1.